The smallest absolute Gasteiger partial charge is 0.188 e. The van der Waals surface area contributed by atoms with Gasteiger partial charge in [0.25, 0.3) is 0 Å². The summed E-state index contributed by atoms with van der Waals surface area (Å²) in [6.07, 6.45) is 4.59. The fourth-order valence-electron chi connectivity index (χ4n) is 4.86. The molecule has 2 aliphatic carbocycles. The van der Waals surface area contributed by atoms with Crippen molar-refractivity contribution in [1.82, 2.24) is 0 Å². The largest absolute Gasteiger partial charge is 0.468 e. The molecule has 0 N–H and O–H groups in total. The summed E-state index contributed by atoms with van der Waals surface area (Å²) in [5.74, 6) is 2.25. The highest BCUT2D eigenvalue weighted by molar-refractivity contribution is 6.70. The van der Waals surface area contributed by atoms with E-state index in [-0.39, 0.29) is 17.3 Å². The van der Waals surface area contributed by atoms with Gasteiger partial charge in [-0.3, -0.25) is 0 Å². The molecule has 0 saturated heterocycles. The van der Waals surface area contributed by atoms with Crippen molar-refractivity contribution >= 4 is 28.2 Å². The Kier molecular flexibility index (Phi) is 7.22. The highest BCUT2D eigenvalue weighted by Crippen LogP contribution is 2.56. The molecule has 2 atom stereocenters. The predicted octanol–water partition coefficient (Wildman–Crippen LogP) is 7.94. The topological polar surface area (TPSA) is 36.9 Å². The van der Waals surface area contributed by atoms with Gasteiger partial charge in [-0.2, -0.15) is 0 Å². The Balaban J connectivity index is 1.62. The molecule has 6 heteroatoms. The maximum Gasteiger partial charge on any atom is 0.188 e. The molecule has 0 amide bonds. The molecule has 2 aromatic carbocycles. The summed E-state index contributed by atoms with van der Waals surface area (Å²) in [5, 5.41) is 0. The maximum atomic E-state index is 6.19. The zero-order valence-electron chi connectivity index (χ0n) is 22.5. The van der Waals surface area contributed by atoms with Crippen molar-refractivity contribution in [3.63, 3.8) is 0 Å². The van der Waals surface area contributed by atoms with Crippen molar-refractivity contribution in [2.45, 2.75) is 65.0 Å². The third-order valence-electron chi connectivity index (χ3n) is 6.77. The second kappa shape index (κ2) is 9.73. The summed E-state index contributed by atoms with van der Waals surface area (Å²) in [6, 6.07) is 17.2. The average molecular weight is 509 g/mol. The van der Waals surface area contributed by atoms with Crippen molar-refractivity contribution < 1.29 is 18.3 Å². The van der Waals surface area contributed by atoms with Crippen LogP contribution >= 0.6 is 0 Å². The lowest BCUT2D eigenvalue weighted by Crippen LogP contribution is -2.27. The molecule has 0 aliphatic heterocycles. The Labute approximate surface area is 213 Å². The van der Waals surface area contributed by atoms with E-state index in [1.54, 1.807) is 0 Å². The lowest BCUT2D eigenvalue weighted by atomic mass is 9.66. The van der Waals surface area contributed by atoms with Crippen LogP contribution in [0.3, 0.4) is 0 Å². The van der Waals surface area contributed by atoms with Gasteiger partial charge in [0.15, 0.2) is 30.2 Å². The van der Waals surface area contributed by atoms with E-state index in [0.717, 1.165) is 11.5 Å². The molecule has 4 rings (SSSR count). The second-order valence-electron chi connectivity index (χ2n) is 12.1. The van der Waals surface area contributed by atoms with E-state index in [4.69, 9.17) is 18.3 Å². The van der Waals surface area contributed by atoms with Crippen LogP contribution in [0.15, 0.2) is 60.7 Å². The number of hydrogen-bond donors (Lipinski definition) is 0. The molecule has 0 aromatic heterocycles. The number of ether oxygens (including phenoxy) is 2. The number of rotatable bonds is 10. The SMILES string of the molecule is CC(C)(C1C=C(OCO[Si](C)(C)C)c2ccccc21)C1C=C(OCO[Si](C)(C)C)c2ccccc21. The summed E-state index contributed by atoms with van der Waals surface area (Å²) in [6.45, 7) is 18.4. The van der Waals surface area contributed by atoms with E-state index >= 15 is 0 Å². The van der Waals surface area contributed by atoms with Gasteiger partial charge in [-0.25, -0.2) is 0 Å². The molecular formula is C29H40O4Si2. The molecular weight excluding hydrogens is 468 g/mol. The second-order valence-corrected chi connectivity index (χ2v) is 21.1. The summed E-state index contributed by atoms with van der Waals surface area (Å²) in [5.41, 5.74) is 4.84. The maximum absolute atomic E-state index is 6.19. The van der Waals surface area contributed by atoms with E-state index in [1.165, 1.54) is 22.3 Å². The minimum Gasteiger partial charge on any atom is -0.468 e. The molecule has 188 valence electrons. The molecule has 0 radical (unpaired) electrons. The lowest BCUT2D eigenvalue weighted by molar-refractivity contribution is 0.0892. The van der Waals surface area contributed by atoms with E-state index in [2.05, 4.69) is 114 Å². The first-order chi connectivity index (χ1) is 16.4. The standard InChI is InChI=1S/C29H40O4Si2/c1-29(2,25-17-27(30-19-32-34(3,4)5)23-15-11-9-13-21(23)25)26-18-28(31-20-33-35(6,7)8)24-16-12-10-14-22(24)26/h9-18,25-26H,19-20H2,1-8H3. The monoisotopic (exact) mass is 508 g/mol. The first-order valence-corrected chi connectivity index (χ1v) is 19.3. The van der Waals surface area contributed by atoms with Gasteiger partial charge in [0.2, 0.25) is 0 Å². The zero-order valence-corrected chi connectivity index (χ0v) is 24.5. The van der Waals surface area contributed by atoms with Gasteiger partial charge in [0.1, 0.15) is 11.5 Å². The van der Waals surface area contributed by atoms with Crippen LogP contribution in [0.4, 0.5) is 0 Å². The van der Waals surface area contributed by atoms with Crippen LogP contribution in [-0.2, 0) is 18.3 Å². The van der Waals surface area contributed by atoms with Crippen LogP contribution < -0.4 is 0 Å². The number of hydrogen-bond acceptors (Lipinski definition) is 4. The van der Waals surface area contributed by atoms with Gasteiger partial charge in [-0.15, -0.1) is 0 Å². The molecule has 0 heterocycles. The van der Waals surface area contributed by atoms with Gasteiger partial charge in [0, 0.05) is 23.0 Å². The van der Waals surface area contributed by atoms with Crippen molar-refractivity contribution in [2.75, 3.05) is 13.6 Å². The summed E-state index contributed by atoms with van der Waals surface area (Å²) < 4.78 is 24.4. The van der Waals surface area contributed by atoms with Gasteiger partial charge in [0.05, 0.1) is 0 Å². The quantitative estimate of drug-likeness (QED) is 0.241. The summed E-state index contributed by atoms with van der Waals surface area (Å²) in [4.78, 5) is 0. The molecule has 0 spiro atoms. The summed E-state index contributed by atoms with van der Waals surface area (Å²) in [7, 11) is -3.30. The van der Waals surface area contributed by atoms with E-state index in [1.807, 2.05) is 0 Å². The Morgan fingerprint density at radius 1 is 0.629 bits per heavy atom. The normalized spacial score (nSPS) is 19.7. The van der Waals surface area contributed by atoms with E-state index in [0.29, 0.717) is 13.6 Å². The Morgan fingerprint density at radius 2 is 1.00 bits per heavy atom. The molecule has 35 heavy (non-hydrogen) atoms. The van der Waals surface area contributed by atoms with E-state index < -0.39 is 16.6 Å². The van der Waals surface area contributed by atoms with Crippen LogP contribution in [0.2, 0.25) is 39.3 Å². The molecule has 2 unspecified atom stereocenters. The van der Waals surface area contributed by atoms with Crippen molar-refractivity contribution in [1.29, 1.82) is 0 Å². The third-order valence-corrected chi connectivity index (χ3v) is 8.74. The van der Waals surface area contributed by atoms with Gasteiger partial charge < -0.3 is 18.3 Å². The number of allylic oxidation sites excluding steroid dienone is 2. The zero-order chi connectivity index (χ0) is 25.4. The number of benzene rings is 2. The predicted molar refractivity (Wildman–Crippen MR) is 149 cm³/mol. The molecule has 2 aromatic rings. The Hall–Kier alpha value is -2.13. The van der Waals surface area contributed by atoms with Crippen LogP contribution in [-0.4, -0.2) is 30.2 Å². The van der Waals surface area contributed by atoms with Crippen molar-refractivity contribution in [2.24, 2.45) is 5.41 Å². The van der Waals surface area contributed by atoms with Crippen LogP contribution in [0.1, 0.15) is 47.9 Å². The molecule has 4 nitrogen and oxygen atoms in total. The average Bonchev–Trinajstić information content (AvgIpc) is 3.32. The fraction of sp³-hybridized carbons (Fsp3) is 0.448. The van der Waals surface area contributed by atoms with Crippen LogP contribution in [0, 0.1) is 5.41 Å². The van der Waals surface area contributed by atoms with Crippen molar-refractivity contribution in [3.05, 3.63) is 82.9 Å². The molecule has 2 aliphatic rings. The van der Waals surface area contributed by atoms with Gasteiger partial charge in [-0.05, 0) is 68.0 Å². The van der Waals surface area contributed by atoms with Gasteiger partial charge in [-0.1, -0.05) is 62.4 Å². The van der Waals surface area contributed by atoms with Crippen LogP contribution in [0.25, 0.3) is 11.5 Å². The first kappa shape index (κ1) is 26.0. The highest BCUT2D eigenvalue weighted by atomic mass is 28.4. The van der Waals surface area contributed by atoms with Crippen molar-refractivity contribution in [3.8, 4) is 0 Å². The molecule has 0 saturated carbocycles. The number of fused-ring (bicyclic) bond motifs is 2. The highest BCUT2D eigenvalue weighted by Gasteiger charge is 2.44. The molecule has 0 bridgehead atoms. The minimum absolute atomic E-state index is 0.109. The van der Waals surface area contributed by atoms with Gasteiger partial charge >= 0.3 is 0 Å². The first-order valence-electron chi connectivity index (χ1n) is 12.5. The Bertz CT molecular complexity index is 1030. The summed E-state index contributed by atoms with van der Waals surface area (Å²) >= 11 is 0. The lowest BCUT2D eigenvalue weighted by Gasteiger charge is -2.37. The molecule has 0 fully saturated rings. The fourth-order valence-corrected chi connectivity index (χ4v) is 5.69. The minimum atomic E-state index is -1.65. The Morgan fingerprint density at radius 3 is 1.37 bits per heavy atom. The van der Waals surface area contributed by atoms with Crippen LogP contribution in [0.5, 0.6) is 0 Å². The van der Waals surface area contributed by atoms with E-state index in [9.17, 15) is 0 Å². The third kappa shape index (κ3) is 5.83.